The predicted octanol–water partition coefficient (Wildman–Crippen LogP) is 1.09. The maximum Gasteiger partial charge on any atom is 0.279 e. The summed E-state index contributed by atoms with van der Waals surface area (Å²) in [5, 5.41) is 13.4. The van der Waals surface area contributed by atoms with Crippen molar-refractivity contribution in [3.05, 3.63) is 45.8 Å². The number of likely N-dealkylation sites (N-methyl/N-ethyl adjacent to an activating group) is 1. The van der Waals surface area contributed by atoms with Crippen molar-refractivity contribution in [2.45, 2.75) is 12.5 Å². The van der Waals surface area contributed by atoms with E-state index in [1.807, 2.05) is 0 Å². The van der Waals surface area contributed by atoms with Gasteiger partial charge in [0.05, 0.1) is 16.6 Å². The van der Waals surface area contributed by atoms with Gasteiger partial charge in [-0.05, 0) is 24.6 Å². The minimum absolute atomic E-state index is 0.108. The van der Waals surface area contributed by atoms with E-state index in [0.29, 0.717) is 13.0 Å². The summed E-state index contributed by atoms with van der Waals surface area (Å²) in [5.74, 6) is -1.44. The number of carbonyl (C=O) groups excluding carboxylic acids is 2. The van der Waals surface area contributed by atoms with Gasteiger partial charge in [0.15, 0.2) is 0 Å². The van der Waals surface area contributed by atoms with Crippen molar-refractivity contribution in [1.82, 2.24) is 10.2 Å². The highest BCUT2D eigenvalue weighted by molar-refractivity contribution is 5.96. The molecule has 0 saturated carbocycles. The zero-order valence-electron chi connectivity index (χ0n) is 11.8. The fraction of sp³-hybridized carbons (Fsp3) is 0.286. The number of nitro benzene ring substituents is 1. The standard InChI is InChI=1S/C14H14FN3O4/c1-17-7-6-11(14(17)20)16-13(19)5-3-9-2-4-10(15)8-12(9)18(21)22/h2-5,8,11H,6-7H2,1H3,(H,16,19)/b5-3+/t11-/m0/s1. The Labute approximate surface area is 125 Å². The summed E-state index contributed by atoms with van der Waals surface area (Å²) in [6.45, 7) is 0.566. The highest BCUT2D eigenvalue weighted by atomic mass is 19.1. The molecule has 0 unspecified atom stereocenters. The van der Waals surface area contributed by atoms with Crippen LogP contribution in [0, 0.1) is 15.9 Å². The fourth-order valence-electron chi connectivity index (χ4n) is 2.16. The van der Waals surface area contributed by atoms with E-state index in [9.17, 15) is 24.1 Å². The average molecular weight is 307 g/mol. The predicted molar refractivity (Wildman–Crippen MR) is 76.3 cm³/mol. The Balaban J connectivity index is 2.07. The number of benzene rings is 1. The molecular weight excluding hydrogens is 293 g/mol. The number of nitrogens with one attached hydrogen (secondary N) is 1. The van der Waals surface area contributed by atoms with Crippen LogP contribution in [-0.2, 0) is 9.59 Å². The SMILES string of the molecule is CN1CC[C@H](NC(=O)/C=C/c2ccc(F)cc2[N+](=O)[O-])C1=O. The molecular formula is C14H14FN3O4. The molecule has 2 amide bonds. The first-order valence-electron chi connectivity index (χ1n) is 6.56. The Kier molecular flexibility index (Phi) is 4.50. The van der Waals surface area contributed by atoms with Gasteiger partial charge in [0.25, 0.3) is 5.69 Å². The molecule has 0 bridgehead atoms. The summed E-state index contributed by atoms with van der Waals surface area (Å²) in [5.41, 5.74) is -0.322. The second-order valence-corrected chi connectivity index (χ2v) is 4.90. The molecule has 1 saturated heterocycles. The minimum atomic E-state index is -0.729. The lowest BCUT2D eigenvalue weighted by atomic mass is 10.1. The van der Waals surface area contributed by atoms with E-state index in [1.54, 1.807) is 7.05 Å². The molecule has 1 aliphatic heterocycles. The molecule has 116 valence electrons. The van der Waals surface area contributed by atoms with Gasteiger partial charge in [-0.15, -0.1) is 0 Å². The van der Waals surface area contributed by atoms with Crippen LogP contribution < -0.4 is 5.32 Å². The van der Waals surface area contributed by atoms with Gasteiger partial charge in [0.1, 0.15) is 11.9 Å². The largest absolute Gasteiger partial charge is 0.344 e. The van der Waals surface area contributed by atoms with Crippen molar-refractivity contribution in [3.63, 3.8) is 0 Å². The maximum atomic E-state index is 13.0. The number of amides is 2. The van der Waals surface area contributed by atoms with E-state index < -0.39 is 28.4 Å². The van der Waals surface area contributed by atoms with Gasteiger partial charge in [-0.2, -0.15) is 0 Å². The van der Waals surface area contributed by atoms with Crippen LogP contribution in [0.15, 0.2) is 24.3 Å². The third kappa shape index (κ3) is 3.46. The Morgan fingerprint density at radius 2 is 2.27 bits per heavy atom. The lowest BCUT2D eigenvalue weighted by Crippen LogP contribution is -2.39. The van der Waals surface area contributed by atoms with E-state index in [-0.39, 0.29) is 11.5 Å². The van der Waals surface area contributed by atoms with E-state index in [0.717, 1.165) is 18.2 Å². The average Bonchev–Trinajstić information content (AvgIpc) is 2.78. The first-order valence-corrected chi connectivity index (χ1v) is 6.56. The fourth-order valence-corrected chi connectivity index (χ4v) is 2.16. The smallest absolute Gasteiger partial charge is 0.279 e. The molecule has 0 aromatic heterocycles. The molecule has 1 aromatic rings. The normalized spacial score (nSPS) is 18.0. The number of carbonyl (C=O) groups is 2. The van der Waals surface area contributed by atoms with E-state index >= 15 is 0 Å². The van der Waals surface area contributed by atoms with Gasteiger partial charge in [-0.3, -0.25) is 19.7 Å². The van der Waals surface area contributed by atoms with Gasteiger partial charge in [-0.1, -0.05) is 0 Å². The molecule has 0 spiro atoms. The van der Waals surface area contributed by atoms with Gasteiger partial charge in [0.2, 0.25) is 11.8 Å². The summed E-state index contributed by atoms with van der Waals surface area (Å²) in [4.78, 5) is 35.0. The Morgan fingerprint density at radius 3 is 2.86 bits per heavy atom. The van der Waals surface area contributed by atoms with Crippen LogP contribution in [0.1, 0.15) is 12.0 Å². The number of halogens is 1. The second kappa shape index (κ2) is 6.33. The number of hydrogen-bond donors (Lipinski definition) is 1. The first kappa shape index (κ1) is 15.6. The number of nitro groups is 1. The van der Waals surface area contributed by atoms with Crippen LogP contribution in [0.25, 0.3) is 6.08 Å². The topological polar surface area (TPSA) is 92.6 Å². The third-order valence-corrected chi connectivity index (χ3v) is 3.35. The summed E-state index contributed by atoms with van der Waals surface area (Å²) < 4.78 is 13.0. The number of likely N-dealkylation sites (tertiary alicyclic amines) is 1. The molecule has 8 heteroatoms. The quantitative estimate of drug-likeness (QED) is 0.512. The lowest BCUT2D eigenvalue weighted by Gasteiger charge is -2.10. The van der Waals surface area contributed by atoms with Crippen molar-refractivity contribution in [1.29, 1.82) is 0 Å². The summed E-state index contributed by atoms with van der Waals surface area (Å²) in [6, 6.07) is 2.49. The van der Waals surface area contributed by atoms with Crippen molar-refractivity contribution in [3.8, 4) is 0 Å². The first-order chi connectivity index (χ1) is 10.4. The monoisotopic (exact) mass is 307 g/mol. The van der Waals surface area contributed by atoms with E-state index in [1.165, 1.54) is 17.0 Å². The number of nitrogens with zero attached hydrogens (tertiary/aromatic N) is 2. The van der Waals surface area contributed by atoms with Crippen LogP contribution >= 0.6 is 0 Å². The molecule has 1 fully saturated rings. The van der Waals surface area contributed by atoms with Crippen molar-refractivity contribution >= 4 is 23.6 Å². The van der Waals surface area contributed by atoms with Crippen LogP contribution in [0.5, 0.6) is 0 Å². The van der Waals surface area contributed by atoms with Crippen LogP contribution in [-0.4, -0.2) is 41.3 Å². The number of hydrogen-bond acceptors (Lipinski definition) is 4. The zero-order valence-corrected chi connectivity index (χ0v) is 11.8. The van der Waals surface area contributed by atoms with Gasteiger partial charge >= 0.3 is 0 Å². The third-order valence-electron chi connectivity index (χ3n) is 3.35. The van der Waals surface area contributed by atoms with Gasteiger partial charge in [0, 0.05) is 19.7 Å². The summed E-state index contributed by atoms with van der Waals surface area (Å²) in [6.07, 6.45) is 2.83. The van der Waals surface area contributed by atoms with Gasteiger partial charge < -0.3 is 10.2 Å². The molecule has 1 N–H and O–H groups in total. The maximum absolute atomic E-state index is 13.0. The molecule has 1 aliphatic rings. The van der Waals surface area contributed by atoms with Crippen LogP contribution in [0.2, 0.25) is 0 Å². The summed E-state index contributed by atoms with van der Waals surface area (Å²) in [7, 11) is 1.65. The van der Waals surface area contributed by atoms with Crippen molar-refractivity contribution in [2.75, 3.05) is 13.6 Å². The van der Waals surface area contributed by atoms with Crippen LogP contribution in [0.4, 0.5) is 10.1 Å². The van der Waals surface area contributed by atoms with E-state index in [2.05, 4.69) is 5.32 Å². The van der Waals surface area contributed by atoms with E-state index in [4.69, 9.17) is 0 Å². The zero-order chi connectivity index (χ0) is 16.3. The number of rotatable bonds is 4. The molecule has 1 heterocycles. The highest BCUT2D eigenvalue weighted by Crippen LogP contribution is 2.21. The molecule has 1 aromatic carbocycles. The van der Waals surface area contributed by atoms with Crippen LogP contribution in [0.3, 0.4) is 0 Å². The Bertz CT molecular complexity index is 659. The van der Waals surface area contributed by atoms with Crippen molar-refractivity contribution < 1.29 is 18.9 Å². The lowest BCUT2D eigenvalue weighted by molar-refractivity contribution is -0.385. The summed E-state index contributed by atoms with van der Waals surface area (Å²) >= 11 is 0. The molecule has 0 radical (unpaired) electrons. The molecule has 1 atom stereocenters. The minimum Gasteiger partial charge on any atom is -0.344 e. The molecule has 22 heavy (non-hydrogen) atoms. The Morgan fingerprint density at radius 1 is 1.55 bits per heavy atom. The highest BCUT2D eigenvalue weighted by Gasteiger charge is 2.29. The second-order valence-electron chi connectivity index (χ2n) is 4.90. The van der Waals surface area contributed by atoms with Crippen molar-refractivity contribution in [2.24, 2.45) is 0 Å². The molecule has 0 aliphatic carbocycles. The molecule has 7 nitrogen and oxygen atoms in total. The Hall–Kier alpha value is -2.77. The van der Waals surface area contributed by atoms with Gasteiger partial charge in [-0.25, -0.2) is 4.39 Å². The molecule has 2 rings (SSSR count).